The van der Waals surface area contributed by atoms with Gasteiger partial charge < -0.3 is 20.9 Å². The molecule has 1 saturated carbocycles. The lowest BCUT2D eigenvalue weighted by Crippen LogP contribution is -2.64. The summed E-state index contributed by atoms with van der Waals surface area (Å²) in [5.41, 5.74) is 7.29. The molecule has 20 heavy (non-hydrogen) atoms. The zero-order valence-electron chi connectivity index (χ0n) is 11.5. The fourth-order valence-electron chi connectivity index (χ4n) is 3.14. The van der Waals surface area contributed by atoms with Crippen LogP contribution in [0.4, 0.5) is 0 Å². The minimum Gasteiger partial charge on any atom is -0.390 e. The number of fused-ring (bicyclic) bond motifs is 1. The molecular weight excluding hydrogens is 256 g/mol. The lowest BCUT2D eigenvalue weighted by molar-refractivity contribution is -0.137. The SMILES string of the molecule is COC1CC(N)(C(=O)N[C@H]2c3ccccc3C[C@@H]2O)C1. The molecule has 108 valence electrons. The van der Waals surface area contributed by atoms with Gasteiger partial charge >= 0.3 is 0 Å². The molecule has 5 heteroatoms. The van der Waals surface area contributed by atoms with Crippen molar-refractivity contribution in [2.45, 2.75) is 43.1 Å². The van der Waals surface area contributed by atoms with Crippen LogP contribution < -0.4 is 11.1 Å². The van der Waals surface area contributed by atoms with Gasteiger partial charge in [-0.1, -0.05) is 24.3 Å². The summed E-state index contributed by atoms with van der Waals surface area (Å²) in [5.74, 6) is -0.202. The van der Waals surface area contributed by atoms with Gasteiger partial charge in [-0.2, -0.15) is 0 Å². The molecule has 0 aliphatic heterocycles. The molecule has 0 saturated heterocycles. The van der Waals surface area contributed by atoms with Crippen molar-refractivity contribution >= 4 is 5.91 Å². The Morgan fingerprint density at radius 2 is 2.15 bits per heavy atom. The molecule has 4 N–H and O–H groups in total. The van der Waals surface area contributed by atoms with Crippen molar-refractivity contribution in [2.24, 2.45) is 5.73 Å². The number of aliphatic hydroxyl groups is 1. The van der Waals surface area contributed by atoms with E-state index in [1.807, 2.05) is 24.3 Å². The maximum absolute atomic E-state index is 12.3. The largest absolute Gasteiger partial charge is 0.390 e. The number of methoxy groups -OCH3 is 1. The van der Waals surface area contributed by atoms with Crippen molar-refractivity contribution in [3.63, 3.8) is 0 Å². The molecule has 0 unspecified atom stereocenters. The number of nitrogens with two attached hydrogens (primary N) is 1. The first-order valence-corrected chi connectivity index (χ1v) is 6.92. The highest BCUT2D eigenvalue weighted by Crippen LogP contribution is 2.35. The van der Waals surface area contributed by atoms with Crippen LogP contribution in [-0.2, 0) is 16.0 Å². The fourth-order valence-corrected chi connectivity index (χ4v) is 3.14. The van der Waals surface area contributed by atoms with Gasteiger partial charge in [0.05, 0.1) is 18.2 Å². The van der Waals surface area contributed by atoms with E-state index in [1.165, 1.54) is 0 Å². The number of benzene rings is 1. The van der Waals surface area contributed by atoms with Crippen LogP contribution in [0.15, 0.2) is 24.3 Å². The Morgan fingerprint density at radius 1 is 1.45 bits per heavy atom. The average Bonchev–Trinajstić information content (AvgIpc) is 2.71. The summed E-state index contributed by atoms with van der Waals surface area (Å²) < 4.78 is 5.17. The number of carbonyl (C=O) groups is 1. The van der Waals surface area contributed by atoms with Crippen molar-refractivity contribution in [1.82, 2.24) is 5.32 Å². The van der Waals surface area contributed by atoms with Gasteiger partial charge in [0.25, 0.3) is 0 Å². The third-order valence-electron chi connectivity index (χ3n) is 4.46. The second-order valence-corrected chi connectivity index (χ2v) is 5.84. The molecule has 0 bridgehead atoms. The van der Waals surface area contributed by atoms with Gasteiger partial charge in [-0.25, -0.2) is 0 Å². The van der Waals surface area contributed by atoms with E-state index in [-0.39, 0.29) is 18.1 Å². The highest BCUT2D eigenvalue weighted by molar-refractivity contribution is 5.88. The molecule has 3 rings (SSSR count). The number of carbonyl (C=O) groups excluding carboxylic acids is 1. The Kier molecular flexibility index (Phi) is 3.28. The van der Waals surface area contributed by atoms with Gasteiger partial charge in [0, 0.05) is 26.4 Å². The molecule has 0 spiro atoms. The highest BCUT2D eigenvalue weighted by atomic mass is 16.5. The summed E-state index contributed by atoms with van der Waals surface area (Å²) in [4.78, 5) is 12.3. The average molecular weight is 276 g/mol. The molecule has 1 fully saturated rings. The van der Waals surface area contributed by atoms with E-state index in [9.17, 15) is 9.90 Å². The Morgan fingerprint density at radius 3 is 2.85 bits per heavy atom. The van der Waals surface area contributed by atoms with Crippen molar-refractivity contribution < 1.29 is 14.6 Å². The maximum atomic E-state index is 12.3. The summed E-state index contributed by atoms with van der Waals surface area (Å²) in [6.45, 7) is 0. The zero-order valence-corrected chi connectivity index (χ0v) is 11.5. The zero-order chi connectivity index (χ0) is 14.3. The normalized spacial score (nSPS) is 35.2. The lowest BCUT2D eigenvalue weighted by Gasteiger charge is -2.43. The van der Waals surface area contributed by atoms with Crippen LogP contribution in [0, 0.1) is 0 Å². The number of aliphatic hydroxyl groups excluding tert-OH is 1. The molecule has 0 heterocycles. The van der Waals surface area contributed by atoms with Crippen LogP contribution in [0.3, 0.4) is 0 Å². The third kappa shape index (κ3) is 2.12. The van der Waals surface area contributed by atoms with E-state index in [0.717, 1.165) is 11.1 Å². The smallest absolute Gasteiger partial charge is 0.240 e. The minimum absolute atomic E-state index is 0.0616. The summed E-state index contributed by atoms with van der Waals surface area (Å²) in [5, 5.41) is 13.0. The first-order chi connectivity index (χ1) is 9.53. The Balaban J connectivity index is 1.71. The standard InChI is InChI=1S/C15H20N2O3/c1-20-10-7-15(16,8-10)14(19)17-13-11-5-3-2-4-9(11)6-12(13)18/h2-5,10,12-13,18H,6-8,16H2,1H3,(H,17,19)/t10?,12-,13-,15?/m0/s1. The van der Waals surface area contributed by atoms with E-state index < -0.39 is 11.6 Å². The maximum Gasteiger partial charge on any atom is 0.240 e. The summed E-state index contributed by atoms with van der Waals surface area (Å²) in [6.07, 6.45) is 1.10. The minimum atomic E-state index is -0.863. The van der Waals surface area contributed by atoms with Crippen molar-refractivity contribution in [3.8, 4) is 0 Å². The fraction of sp³-hybridized carbons (Fsp3) is 0.533. The number of ether oxygens (including phenoxy) is 1. The Labute approximate surface area is 118 Å². The predicted molar refractivity (Wildman–Crippen MR) is 74.0 cm³/mol. The Bertz CT molecular complexity index is 526. The first-order valence-electron chi connectivity index (χ1n) is 6.92. The van der Waals surface area contributed by atoms with E-state index in [2.05, 4.69) is 5.32 Å². The molecule has 1 aromatic carbocycles. The van der Waals surface area contributed by atoms with Crippen LogP contribution in [0.5, 0.6) is 0 Å². The second-order valence-electron chi connectivity index (χ2n) is 5.84. The van der Waals surface area contributed by atoms with Gasteiger partial charge in [-0.3, -0.25) is 4.79 Å². The van der Waals surface area contributed by atoms with Crippen LogP contribution >= 0.6 is 0 Å². The highest BCUT2D eigenvalue weighted by Gasteiger charge is 2.48. The van der Waals surface area contributed by atoms with Crippen molar-refractivity contribution in [3.05, 3.63) is 35.4 Å². The van der Waals surface area contributed by atoms with Crippen molar-refractivity contribution in [2.75, 3.05) is 7.11 Å². The molecule has 1 amide bonds. The number of hydrogen-bond acceptors (Lipinski definition) is 4. The number of nitrogens with one attached hydrogen (secondary N) is 1. The van der Waals surface area contributed by atoms with Crippen LogP contribution in [0.2, 0.25) is 0 Å². The number of hydrogen-bond donors (Lipinski definition) is 3. The number of rotatable bonds is 3. The first kappa shape index (κ1) is 13.5. The molecule has 0 aromatic heterocycles. The summed E-state index contributed by atoms with van der Waals surface area (Å²) in [6, 6.07) is 7.42. The van der Waals surface area contributed by atoms with Gasteiger partial charge in [0.1, 0.15) is 5.54 Å². The molecule has 2 atom stereocenters. The van der Waals surface area contributed by atoms with Gasteiger partial charge in [0.15, 0.2) is 0 Å². The molecule has 2 aliphatic rings. The van der Waals surface area contributed by atoms with E-state index >= 15 is 0 Å². The Hall–Kier alpha value is -1.43. The van der Waals surface area contributed by atoms with Crippen LogP contribution in [0.1, 0.15) is 30.0 Å². The monoisotopic (exact) mass is 276 g/mol. The van der Waals surface area contributed by atoms with E-state index in [1.54, 1.807) is 7.11 Å². The molecule has 1 aromatic rings. The van der Waals surface area contributed by atoms with E-state index in [4.69, 9.17) is 10.5 Å². The lowest BCUT2D eigenvalue weighted by atomic mass is 9.74. The summed E-state index contributed by atoms with van der Waals surface area (Å²) >= 11 is 0. The third-order valence-corrected chi connectivity index (χ3v) is 4.46. The van der Waals surface area contributed by atoms with Crippen LogP contribution in [-0.4, -0.2) is 35.9 Å². The summed E-state index contributed by atoms with van der Waals surface area (Å²) in [7, 11) is 1.62. The van der Waals surface area contributed by atoms with E-state index in [0.29, 0.717) is 19.3 Å². The predicted octanol–water partition coefficient (Wildman–Crippen LogP) is 0.267. The molecular formula is C15H20N2O3. The van der Waals surface area contributed by atoms with Crippen LogP contribution in [0.25, 0.3) is 0 Å². The number of amides is 1. The van der Waals surface area contributed by atoms with Gasteiger partial charge in [0.2, 0.25) is 5.91 Å². The van der Waals surface area contributed by atoms with Gasteiger partial charge in [-0.05, 0) is 11.1 Å². The quantitative estimate of drug-likeness (QED) is 0.739. The second kappa shape index (κ2) is 4.84. The molecule has 0 radical (unpaired) electrons. The topological polar surface area (TPSA) is 84.6 Å². The molecule has 5 nitrogen and oxygen atoms in total. The van der Waals surface area contributed by atoms with Crippen molar-refractivity contribution in [1.29, 1.82) is 0 Å². The molecule has 2 aliphatic carbocycles. The van der Waals surface area contributed by atoms with Gasteiger partial charge in [-0.15, -0.1) is 0 Å².